The number of hydrogen-bond acceptors (Lipinski definition) is 3. The van der Waals surface area contributed by atoms with Crippen molar-refractivity contribution in [2.45, 2.75) is 0 Å². The number of allylic oxidation sites excluding steroid dienone is 1. The van der Waals surface area contributed by atoms with Gasteiger partial charge in [0.15, 0.2) is 11.6 Å². The predicted molar refractivity (Wildman–Crippen MR) is 54.4 cm³/mol. The van der Waals surface area contributed by atoms with Crippen LogP contribution in [0.15, 0.2) is 45.9 Å². The zero-order valence-corrected chi connectivity index (χ0v) is 7.27. The summed E-state index contributed by atoms with van der Waals surface area (Å²) in [7, 11) is 0. The molecule has 3 heteroatoms. The van der Waals surface area contributed by atoms with Crippen LogP contribution in [0.5, 0.6) is 0 Å². The standard InChI is InChI=1S/C11H6N2O/c14-10-7-3-1-2-4-9(7)13-11-8(10)5-6-12-11/h1-6H. The molecule has 1 aromatic carbocycles. The maximum Gasteiger partial charge on any atom is 0.199 e. The highest BCUT2D eigenvalue weighted by Gasteiger charge is 2.26. The molecule has 3 rings (SSSR count). The lowest BCUT2D eigenvalue weighted by atomic mass is 9.99. The third kappa shape index (κ3) is 0.836. The Labute approximate surface area is 80.5 Å². The molecular weight excluding hydrogens is 176 g/mol. The summed E-state index contributed by atoms with van der Waals surface area (Å²) in [5.41, 5.74) is 1.97. The van der Waals surface area contributed by atoms with Gasteiger partial charge in [0.05, 0.1) is 11.3 Å². The van der Waals surface area contributed by atoms with Crippen molar-refractivity contribution in [2.24, 2.45) is 9.98 Å². The van der Waals surface area contributed by atoms with Gasteiger partial charge in [-0.1, -0.05) is 12.1 Å². The minimum atomic E-state index is 0.0168. The van der Waals surface area contributed by atoms with Gasteiger partial charge in [0, 0.05) is 11.8 Å². The Morgan fingerprint density at radius 3 is 2.93 bits per heavy atom. The van der Waals surface area contributed by atoms with E-state index >= 15 is 0 Å². The lowest BCUT2D eigenvalue weighted by molar-refractivity contribution is 0.104. The molecule has 0 unspecified atom stereocenters. The Kier molecular flexibility index (Phi) is 1.31. The molecule has 0 N–H and O–H groups in total. The van der Waals surface area contributed by atoms with Crippen LogP contribution >= 0.6 is 0 Å². The predicted octanol–water partition coefficient (Wildman–Crippen LogP) is 1.92. The largest absolute Gasteiger partial charge is 0.288 e. The first-order valence-corrected chi connectivity index (χ1v) is 4.33. The molecule has 0 amide bonds. The Morgan fingerprint density at radius 2 is 2.00 bits per heavy atom. The van der Waals surface area contributed by atoms with Crippen molar-refractivity contribution in [3.63, 3.8) is 0 Å². The Balaban J connectivity index is 2.31. The van der Waals surface area contributed by atoms with E-state index < -0.39 is 0 Å². The molecule has 2 aliphatic heterocycles. The van der Waals surface area contributed by atoms with E-state index in [4.69, 9.17) is 0 Å². The minimum absolute atomic E-state index is 0.0168. The van der Waals surface area contributed by atoms with Gasteiger partial charge in [-0.3, -0.25) is 4.79 Å². The molecule has 3 nitrogen and oxygen atoms in total. The summed E-state index contributed by atoms with van der Waals surface area (Å²) in [5, 5.41) is 0. The molecule has 0 fully saturated rings. The quantitative estimate of drug-likeness (QED) is 0.604. The number of para-hydroxylation sites is 1. The summed E-state index contributed by atoms with van der Waals surface area (Å²) in [6, 6.07) is 7.32. The molecule has 14 heavy (non-hydrogen) atoms. The zero-order valence-electron chi connectivity index (χ0n) is 7.27. The van der Waals surface area contributed by atoms with Crippen LogP contribution in [0.1, 0.15) is 10.4 Å². The summed E-state index contributed by atoms with van der Waals surface area (Å²) >= 11 is 0. The lowest BCUT2D eigenvalue weighted by Gasteiger charge is -2.11. The maximum absolute atomic E-state index is 11.9. The summed E-state index contributed by atoms with van der Waals surface area (Å²) in [6.07, 6.45) is 3.31. The summed E-state index contributed by atoms with van der Waals surface area (Å²) in [6.45, 7) is 0. The summed E-state index contributed by atoms with van der Waals surface area (Å²) < 4.78 is 0. The molecule has 0 saturated carbocycles. The molecule has 0 spiro atoms. The SMILES string of the molecule is O=C1C2=CC=NC2=Nc2ccccc21. The van der Waals surface area contributed by atoms with Gasteiger partial charge in [0.2, 0.25) is 0 Å². The fourth-order valence-electron chi connectivity index (χ4n) is 1.62. The number of carbonyl (C=O) groups excluding carboxylic acids is 1. The van der Waals surface area contributed by atoms with Crippen molar-refractivity contribution >= 4 is 23.5 Å². The van der Waals surface area contributed by atoms with E-state index in [-0.39, 0.29) is 5.78 Å². The fraction of sp³-hybridized carbons (Fsp3) is 0. The molecule has 0 saturated heterocycles. The number of carbonyl (C=O) groups is 1. The van der Waals surface area contributed by atoms with Gasteiger partial charge in [0.1, 0.15) is 0 Å². The van der Waals surface area contributed by atoms with E-state index in [9.17, 15) is 4.79 Å². The Bertz CT molecular complexity index is 524. The van der Waals surface area contributed by atoms with Gasteiger partial charge in [-0.05, 0) is 18.2 Å². The van der Waals surface area contributed by atoms with Crippen molar-refractivity contribution < 1.29 is 4.79 Å². The molecule has 66 valence electrons. The molecule has 1 aromatic rings. The van der Waals surface area contributed by atoms with E-state index in [2.05, 4.69) is 9.98 Å². The minimum Gasteiger partial charge on any atom is -0.288 e. The Morgan fingerprint density at radius 1 is 1.14 bits per heavy atom. The van der Waals surface area contributed by atoms with Gasteiger partial charge in [-0.2, -0.15) is 0 Å². The molecule has 0 atom stereocenters. The van der Waals surface area contributed by atoms with E-state index in [1.165, 1.54) is 0 Å². The number of amidine groups is 1. The number of hydrogen-bond donors (Lipinski definition) is 0. The molecule has 2 heterocycles. The van der Waals surface area contributed by atoms with Crippen LogP contribution in [0.25, 0.3) is 0 Å². The molecule has 0 bridgehead atoms. The van der Waals surface area contributed by atoms with Crippen molar-refractivity contribution in [3.8, 4) is 0 Å². The van der Waals surface area contributed by atoms with Crippen molar-refractivity contribution in [2.75, 3.05) is 0 Å². The highest BCUT2D eigenvalue weighted by molar-refractivity contribution is 6.35. The topological polar surface area (TPSA) is 41.8 Å². The smallest absolute Gasteiger partial charge is 0.199 e. The van der Waals surface area contributed by atoms with E-state index in [0.29, 0.717) is 22.7 Å². The number of Topliss-reactive ketones (excluding diaryl/α,β-unsaturated/α-hetero) is 1. The van der Waals surface area contributed by atoms with Gasteiger partial charge in [-0.25, -0.2) is 9.98 Å². The summed E-state index contributed by atoms with van der Waals surface area (Å²) in [5.74, 6) is 0.553. The van der Waals surface area contributed by atoms with Crippen LogP contribution in [0.4, 0.5) is 5.69 Å². The first-order chi connectivity index (χ1) is 6.86. The first-order valence-electron chi connectivity index (χ1n) is 4.33. The van der Waals surface area contributed by atoms with Crippen molar-refractivity contribution in [1.29, 1.82) is 0 Å². The first kappa shape index (κ1) is 7.38. The number of fused-ring (bicyclic) bond motifs is 2. The normalized spacial score (nSPS) is 17.3. The van der Waals surface area contributed by atoms with Gasteiger partial charge < -0.3 is 0 Å². The average molecular weight is 182 g/mol. The number of rotatable bonds is 0. The van der Waals surface area contributed by atoms with Crippen molar-refractivity contribution in [3.05, 3.63) is 41.5 Å². The van der Waals surface area contributed by atoms with E-state index in [0.717, 1.165) is 0 Å². The third-order valence-electron chi connectivity index (χ3n) is 2.30. The van der Waals surface area contributed by atoms with Crippen LogP contribution in [0, 0.1) is 0 Å². The molecule has 0 aliphatic carbocycles. The van der Waals surface area contributed by atoms with Crippen LogP contribution in [-0.4, -0.2) is 17.8 Å². The molecular formula is C11H6N2O. The monoisotopic (exact) mass is 182 g/mol. The average Bonchev–Trinajstić information content (AvgIpc) is 2.66. The van der Waals surface area contributed by atoms with E-state index in [1.54, 1.807) is 18.4 Å². The van der Waals surface area contributed by atoms with Gasteiger partial charge >= 0.3 is 0 Å². The highest BCUT2D eigenvalue weighted by Crippen LogP contribution is 2.29. The van der Waals surface area contributed by atoms with Crippen LogP contribution in [0.2, 0.25) is 0 Å². The summed E-state index contributed by atoms with van der Waals surface area (Å²) in [4.78, 5) is 20.2. The number of aliphatic imine (C=N–C) groups is 2. The highest BCUT2D eigenvalue weighted by atomic mass is 16.1. The lowest BCUT2D eigenvalue weighted by Crippen LogP contribution is -2.13. The van der Waals surface area contributed by atoms with Crippen LogP contribution < -0.4 is 0 Å². The van der Waals surface area contributed by atoms with E-state index in [1.807, 2.05) is 18.2 Å². The maximum atomic E-state index is 11.9. The second-order valence-corrected chi connectivity index (χ2v) is 3.14. The van der Waals surface area contributed by atoms with Crippen LogP contribution in [-0.2, 0) is 0 Å². The molecule has 0 radical (unpaired) electrons. The molecule has 2 aliphatic rings. The molecule has 0 aromatic heterocycles. The number of nitrogens with zero attached hydrogens (tertiary/aromatic N) is 2. The zero-order chi connectivity index (χ0) is 9.54. The van der Waals surface area contributed by atoms with Crippen LogP contribution in [0.3, 0.4) is 0 Å². The second kappa shape index (κ2) is 2.48. The fourth-order valence-corrected chi connectivity index (χ4v) is 1.62. The Hall–Kier alpha value is -2.03. The van der Waals surface area contributed by atoms with Gasteiger partial charge in [-0.15, -0.1) is 0 Å². The van der Waals surface area contributed by atoms with Crippen molar-refractivity contribution in [1.82, 2.24) is 0 Å². The second-order valence-electron chi connectivity index (χ2n) is 3.14. The third-order valence-corrected chi connectivity index (χ3v) is 2.30. The number of ketones is 1. The van der Waals surface area contributed by atoms with Gasteiger partial charge in [0.25, 0.3) is 0 Å². The number of benzene rings is 1.